The van der Waals surface area contributed by atoms with E-state index in [0.29, 0.717) is 0 Å². The zero-order valence-electron chi connectivity index (χ0n) is 9.58. The lowest BCUT2D eigenvalue weighted by atomic mass is 10.3. The Kier molecular flexibility index (Phi) is 3.46. The van der Waals surface area contributed by atoms with Gasteiger partial charge in [0.15, 0.2) is 5.56 Å². The van der Waals surface area contributed by atoms with E-state index >= 15 is 0 Å². The van der Waals surface area contributed by atoms with E-state index in [1.54, 1.807) is 0 Å². The normalized spacial score (nSPS) is 10.0. The SMILES string of the molecule is N#Cc1c(OCCO)nn(-c2ccccc2)c1N. The maximum atomic E-state index is 9.03. The van der Waals surface area contributed by atoms with Gasteiger partial charge in [0.05, 0.1) is 12.3 Å². The smallest absolute Gasteiger partial charge is 0.253 e. The zero-order valence-corrected chi connectivity index (χ0v) is 9.58. The number of nitrogens with zero attached hydrogens (tertiary/aromatic N) is 3. The van der Waals surface area contributed by atoms with Crippen molar-refractivity contribution in [2.45, 2.75) is 0 Å². The molecule has 6 heteroatoms. The van der Waals surface area contributed by atoms with Gasteiger partial charge in [-0.2, -0.15) is 5.26 Å². The molecule has 0 aliphatic rings. The average Bonchev–Trinajstić information content (AvgIpc) is 2.73. The maximum Gasteiger partial charge on any atom is 0.253 e. The molecule has 0 saturated heterocycles. The number of para-hydroxylation sites is 1. The number of aromatic nitrogens is 2. The summed E-state index contributed by atoms with van der Waals surface area (Å²) in [5, 5.41) is 21.9. The number of nitrogens with two attached hydrogens (primary N) is 1. The van der Waals surface area contributed by atoms with E-state index in [4.69, 9.17) is 20.8 Å². The van der Waals surface area contributed by atoms with Gasteiger partial charge in [0.1, 0.15) is 18.5 Å². The van der Waals surface area contributed by atoms with Gasteiger partial charge in [-0.15, -0.1) is 5.10 Å². The van der Waals surface area contributed by atoms with E-state index in [2.05, 4.69) is 5.10 Å². The van der Waals surface area contributed by atoms with Crippen LogP contribution in [0.4, 0.5) is 5.82 Å². The highest BCUT2D eigenvalue weighted by molar-refractivity contribution is 5.58. The highest BCUT2D eigenvalue weighted by Gasteiger charge is 2.17. The first-order valence-corrected chi connectivity index (χ1v) is 5.35. The molecule has 0 atom stereocenters. The van der Waals surface area contributed by atoms with Crippen molar-refractivity contribution in [1.29, 1.82) is 5.26 Å². The zero-order chi connectivity index (χ0) is 13.0. The van der Waals surface area contributed by atoms with Crippen molar-refractivity contribution in [3.05, 3.63) is 35.9 Å². The van der Waals surface area contributed by atoms with Gasteiger partial charge in [0, 0.05) is 0 Å². The van der Waals surface area contributed by atoms with E-state index in [1.165, 1.54) is 4.68 Å². The van der Waals surface area contributed by atoms with E-state index < -0.39 is 0 Å². The van der Waals surface area contributed by atoms with Crippen LogP contribution in [0.5, 0.6) is 5.88 Å². The molecule has 6 nitrogen and oxygen atoms in total. The van der Waals surface area contributed by atoms with Crippen molar-refractivity contribution < 1.29 is 9.84 Å². The van der Waals surface area contributed by atoms with Gasteiger partial charge in [-0.05, 0) is 12.1 Å². The number of benzene rings is 1. The summed E-state index contributed by atoms with van der Waals surface area (Å²) in [6.45, 7) is -0.0805. The van der Waals surface area contributed by atoms with Crippen LogP contribution in [0.3, 0.4) is 0 Å². The van der Waals surface area contributed by atoms with Crippen molar-refractivity contribution in [3.63, 3.8) is 0 Å². The molecule has 0 aliphatic heterocycles. The lowest BCUT2D eigenvalue weighted by Crippen LogP contribution is -2.03. The van der Waals surface area contributed by atoms with Crippen LogP contribution < -0.4 is 10.5 Å². The Balaban J connectivity index is 2.44. The molecule has 0 amide bonds. The molecule has 0 radical (unpaired) electrons. The summed E-state index contributed by atoms with van der Waals surface area (Å²) in [5.74, 6) is 0.351. The molecule has 1 aromatic carbocycles. The number of aliphatic hydroxyl groups excluding tert-OH is 1. The van der Waals surface area contributed by atoms with Crippen LogP contribution in [-0.2, 0) is 0 Å². The number of hydrogen-bond acceptors (Lipinski definition) is 5. The van der Waals surface area contributed by atoms with Gasteiger partial charge in [-0.1, -0.05) is 18.2 Å². The highest BCUT2D eigenvalue weighted by Crippen LogP contribution is 2.25. The van der Waals surface area contributed by atoms with Crippen molar-refractivity contribution in [3.8, 4) is 17.6 Å². The van der Waals surface area contributed by atoms with Gasteiger partial charge < -0.3 is 15.6 Å². The van der Waals surface area contributed by atoms with Crippen LogP contribution in [0.1, 0.15) is 5.56 Å². The lowest BCUT2D eigenvalue weighted by Gasteiger charge is -2.02. The Morgan fingerprint density at radius 3 is 2.72 bits per heavy atom. The second-order valence-corrected chi connectivity index (χ2v) is 3.50. The topological polar surface area (TPSA) is 97.1 Å². The fourth-order valence-electron chi connectivity index (χ4n) is 1.52. The highest BCUT2D eigenvalue weighted by atomic mass is 16.5. The first kappa shape index (κ1) is 12.0. The standard InChI is InChI=1S/C12H12N4O2/c13-8-10-11(14)16(9-4-2-1-3-5-9)15-12(10)18-7-6-17/h1-5,17H,6-7,14H2. The van der Waals surface area contributed by atoms with Gasteiger partial charge in [-0.3, -0.25) is 0 Å². The third-order valence-corrected chi connectivity index (χ3v) is 2.33. The minimum atomic E-state index is -0.150. The van der Waals surface area contributed by atoms with Gasteiger partial charge in [0.2, 0.25) is 0 Å². The number of rotatable bonds is 4. The van der Waals surface area contributed by atoms with Crippen LogP contribution in [0.2, 0.25) is 0 Å². The number of nitriles is 1. The maximum absolute atomic E-state index is 9.03. The van der Waals surface area contributed by atoms with E-state index in [9.17, 15) is 0 Å². The van der Waals surface area contributed by atoms with Crippen LogP contribution in [0.25, 0.3) is 5.69 Å². The summed E-state index contributed by atoms with van der Waals surface area (Å²) in [6, 6.07) is 11.1. The first-order valence-electron chi connectivity index (χ1n) is 5.35. The minimum absolute atomic E-state index is 0.0694. The predicted octanol–water partition coefficient (Wildman–Crippen LogP) is 0.697. The molecule has 0 saturated carbocycles. The molecule has 92 valence electrons. The summed E-state index contributed by atoms with van der Waals surface area (Å²) in [5.41, 5.74) is 6.77. The minimum Gasteiger partial charge on any atom is -0.473 e. The molecule has 3 N–H and O–H groups in total. The Morgan fingerprint density at radius 1 is 1.39 bits per heavy atom. The number of aliphatic hydroxyl groups is 1. The van der Waals surface area contributed by atoms with Crippen LogP contribution in [-0.4, -0.2) is 28.1 Å². The fraction of sp³-hybridized carbons (Fsp3) is 0.167. The van der Waals surface area contributed by atoms with Crippen molar-refractivity contribution in [2.24, 2.45) is 0 Å². The van der Waals surface area contributed by atoms with Crippen molar-refractivity contribution in [2.75, 3.05) is 18.9 Å². The van der Waals surface area contributed by atoms with Crippen molar-refractivity contribution in [1.82, 2.24) is 9.78 Å². The molecule has 0 bridgehead atoms. The average molecular weight is 244 g/mol. The van der Waals surface area contributed by atoms with Gasteiger partial charge in [-0.25, -0.2) is 4.68 Å². The molecule has 0 spiro atoms. The molecule has 2 aromatic rings. The third kappa shape index (κ3) is 2.12. The summed E-state index contributed by atoms with van der Waals surface area (Å²) < 4.78 is 6.61. The van der Waals surface area contributed by atoms with E-state index in [1.807, 2.05) is 36.4 Å². The Hall–Kier alpha value is -2.52. The quantitative estimate of drug-likeness (QED) is 0.825. The van der Waals surface area contributed by atoms with Crippen molar-refractivity contribution >= 4 is 5.82 Å². The number of hydrogen-bond donors (Lipinski definition) is 2. The van der Waals surface area contributed by atoms with E-state index in [-0.39, 0.29) is 30.5 Å². The second kappa shape index (κ2) is 5.21. The van der Waals surface area contributed by atoms with Gasteiger partial charge >= 0.3 is 0 Å². The van der Waals surface area contributed by atoms with Crippen LogP contribution in [0, 0.1) is 11.3 Å². The van der Waals surface area contributed by atoms with Gasteiger partial charge in [0.25, 0.3) is 5.88 Å². The molecule has 0 fully saturated rings. The monoisotopic (exact) mass is 244 g/mol. The lowest BCUT2D eigenvalue weighted by molar-refractivity contribution is 0.196. The molecular weight excluding hydrogens is 232 g/mol. The number of anilines is 1. The van der Waals surface area contributed by atoms with E-state index in [0.717, 1.165) is 5.69 Å². The second-order valence-electron chi connectivity index (χ2n) is 3.50. The molecule has 2 rings (SSSR count). The Morgan fingerprint density at radius 2 is 2.11 bits per heavy atom. The largest absolute Gasteiger partial charge is 0.473 e. The van der Waals surface area contributed by atoms with Crippen LogP contribution >= 0.6 is 0 Å². The molecular formula is C12H12N4O2. The molecule has 0 unspecified atom stereocenters. The Bertz CT molecular complexity index is 572. The number of nitrogen functional groups attached to an aromatic ring is 1. The third-order valence-electron chi connectivity index (χ3n) is 2.33. The van der Waals surface area contributed by atoms with Crippen LogP contribution in [0.15, 0.2) is 30.3 Å². The molecule has 0 aliphatic carbocycles. The summed E-state index contributed by atoms with van der Waals surface area (Å²) in [6.07, 6.45) is 0. The molecule has 1 heterocycles. The Labute approximate surface area is 104 Å². The molecule has 18 heavy (non-hydrogen) atoms. The summed E-state index contributed by atoms with van der Waals surface area (Å²) >= 11 is 0. The summed E-state index contributed by atoms with van der Waals surface area (Å²) in [4.78, 5) is 0. The summed E-state index contributed by atoms with van der Waals surface area (Å²) in [7, 11) is 0. The predicted molar refractivity (Wildman–Crippen MR) is 65.3 cm³/mol. The fourth-order valence-corrected chi connectivity index (χ4v) is 1.52. The molecule has 1 aromatic heterocycles. The first-order chi connectivity index (χ1) is 8.77. The number of ether oxygens (including phenoxy) is 1.